The summed E-state index contributed by atoms with van der Waals surface area (Å²) in [6.07, 6.45) is 1.68. The molecule has 1 atom stereocenters. The predicted molar refractivity (Wildman–Crippen MR) is 111 cm³/mol. The third-order valence-corrected chi connectivity index (χ3v) is 4.88. The summed E-state index contributed by atoms with van der Waals surface area (Å²) in [7, 11) is 1.61. The zero-order valence-corrected chi connectivity index (χ0v) is 16.1. The molecule has 0 saturated carbocycles. The van der Waals surface area contributed by atoms with Crippen LogP contribution in [0, 0.1) is 6.92 Å². The molecule has 0 bridgehead atoms. The lowest BCUT2D eigenvalue weighted by Gasteiger charge is -2.37. The van der Waals surface area contributed by atoms with E-state index in [-0.39, 0.29) is 12.1 Å². The molecule has 4 rings (SSSR count). The molecule has 6 heteroatoms. The molecule has 3 aromatic rings. The second-order valence-electron chi connectivity index (χ2n) is 6.77. The fraction of sp³-hybridized carbons (Fsp3) is 0.182. The molecule has 1 aliphatic rings. The number of H-pyrrole nitrogens is 1. The van der Waals surface area contributed by atoms with Crippen LogP contribution in [-0.2, 0) is 0 Å². The van der Waals surface area contributed by atoms with Crippen LogP contribution in [0.4, 0.5) is 11.5 Å². The van der Waals surface area contributed by atoms with Crippen molar-refractivity contribution >= 4 is 23.5 Å². The van der Waals surface area contributed by atoms with Crippen LogP contribution in [0.1, 0.15) is 28.5 Å². The number of fused-ring (bicyclic) bond motifs is 1. The van der Waals surface area contributed by atoms with Gasteiger partial charge in [-0.15, -0.1) is 0 Å². The minimum Gasteiger partial charge on any atom is -0.495 e. The lowest BCUT2D eigenvalue weighted by molar-refractivity contribution is 0.0977. The number of nitrogens with one attached hydrogen (secondary N) is 2. The first kappa shape index (κ1) is 17.9. The number of carbonyl (C=O) groups excluding carboxylic acids is 1. The van der Waals surface area contributed by atoms with Gasteiger partial charge in [0.15, 0.2) is 5.82 Å². The summed E-state index contributed by atoms with van der Waals surface area (Å²) < 4.78 is 5.53. The minimum atomic E-state index is -0.390. The number of aromatic nitrogens is 2. The zero-order chi connectivity index (χ0) is 19.7. The molecular weight excluding hydrogens is 352 g/mol. The molecule has 1 unspecified atom stereocenters. The number of hydrogen-bond donors (Lipinski definition) is 2. The van der Waals surface area contributed by atoms with Crippen LogP contribution >= 0.6 is 0 Å². The molecule has 142 valence electrons. The van der Waals surface area contributed by atoms with Gasteiger partial charge in [-0.05, 0) is 37.1 Å². The fourth-order valence-electron chi connectivity index (χ4n) is 3.51. The van der Waals surface area contributed by atoms with Crippen molar-refractivity contribution in [1.29, 1.82) is 0 Å². The molecule has 0 fully saturated rings. The fourth-order valence-corrected chi connectivity index (χ4v) is 3.51. The summed E-state index contributed by atoms with van der Waals surface area (Å²) in [6.45, 7) is 3.85. The Morgan fingerprint density at radius 1 is 1.14 bits per heavy atom. The Balaban J connectivity index is 1.84. The van der Waals surface area contributed by atoms with E-state index in [1.54, 1.807) is 12.0 Å². The van der Waals surface area contributed by atoms with Crippen molar-refractivity contribution < 1.29 is 9.53 Å². The number of ether oxygens (including phenoxy) is 1. The van der Waals surface area contributed by atoms with Gasteiger partial charge in [0, 0.05) is 5.69 Å². The Morgan fingerprint density at radius 2 is 1.86 bits per heavy atom. The highest BCUT2D eigenvalue weighted by Gasteiger charge is 2.38. The van der Waals surface area contributed by atoms with Gasteiger partial charge in [0.2, 0.25) is 0 Å². The number of benzene rings is 2. The maximum absolute atomic E-state index is 13.5. The van der Waals surface area contributed by atoms with Crippen LogP contribution in [-0.4, -0.2) is 29.4 Å². The van der Waals surface area contributed by atoms with Gasteiger partial charge in [-0.25, -0.2) is 0 Å². The summed E-state index contributed by atoms with van der Waals surface area (Å²) in [4.78, 5) is 15.2. The van der Waals surface area contributed by atoms with E-state index in [0.29, 0.717) is 22.8 Å². The number of amides is 1. The highest BCUT2D eigenvalue weighted by Crippen LogP contribution is 2.37. The van der Waals surface area contributed by atoms with Crippen LogP contribution in [0.5, 0.6) is 5.75 Å². The van der Waals surface area contributed by atoms with Crippen molar-refractivity contribution in [2.75, 3.05) is 17.3 Å². The third-order valence-electron chi connectivity index (χ3n) is 4.88. The molecule has 1 aliphatic heterocycles. The van der Waals surface area contributed by atoms with Gasteiger partial charge in [-0.2, -0.15) is 5.10 Å². The number of anilines is 2. The Bertz CT molecular complexity index is 1040. The first-order valence-electron chi connectivity index (χ1n) is 9.11. The van der Waals surface area contributed by atoms with Crippen molar-refractivity contribution in [1.82, 2.24) is 10.2 Å². The number of para-hydroxylation sites is 2. The molecule has 2 aromatic carbocycles. The molecule has 0 spiro atoms. The van der Waals surface area contributed by atoms with Gasteiger partial charge in [-0.1, -0.05) is 48.5 Å². The lowest BCUT2D eigenvalue weighted by Crippen LogP contribution is -2.50. The van der Waals surface area contributed by atoms with E-state index in [2.05, 4.69) is 21.6 Å². The van der Waals surface area contributed by atoms with Crippen LogP contribution < -0.4 is 15.0 Å². The monoisotopic (exact) mass is 374 g/mol. The van der Waals surface area contributed by atoms with Crippen LogP contribution in [0.3, 0.4) is 0 Å². The molecule has 0 radical (unpaired) electrons. The zero-order valence-electron chi connectivity index (χ0n) is 16.1. The van der Waals surface area contributed by atoms with E-state index >= 15 is 0 Å². The molecule has 6 nitrogen and oxygen atoms in total. The third kappa shape index (κ3) is 3.03. The maximum atomic E-state index is 13.5. The molecule has 28 heavy (non-hydrogen) atoms. The van der Waals surface area contributed by atoms with Gasteiger partial charge >= 0.3 is 0 Å². The Hall–Kier alpha value is -3.54. The molecule has 2 heterocycles. The molecule has 0 aliphatic carbocycles. The van der Waals surface area contributed by atoms with Crippen molar-refractivity contribution in [3.63, 3.8) is 0 Å². The smallest absolute Gasteiger partial charge is 0.266 e. The summed E-state index contributed by atoms with van der Waals surface area (Å²) in [5.41, 5.74) is 4.04. The van der Waals surface area contributed by atoms with Gasteiger partial charge in [-0.3, -0.25) is 14.8 Å². The number of carbonyl (C=O) groups is 1. The molecular formula is C22H22N4O2. The number of aromatic amines is 1. The first-order valence-corrected chi connectivity index (χ1v) is 9.11. The first-order chi connectivity index (χ1) is 13.6. The van der Waals surface area contributed by atoms with Crippen molar-refractivity contribution in [2.45, 2.75) is 20.0 Å². The summed E-state index contributed by atoms with van der Waals surface area (Å²) in [5.74, 6) is 1.09. The van der Waals surface area contributed by atoms with E-state index in [1.807, 2.05) is 68.4 Å². The predicted octanol–water partition coefficient (Wildman–Crippen LogP) is 4.23. The average molecular weight is 374 g/mol. The van der Waals surface area contributed by atoms with Crippen LogP contribution in [0.15, 0.2) is 60.2 Å². The van der Waals surface area contributed by atoms with Crippen molar-refractivity contribution in [3.8, 4) is 5.75 Å². The van der Waals surface area contributed by atoms with Gasteiger partial charge < -0.3 is 10.1 Å². The number of hydrogen-bond acceptors (Lipinski definition) is 4. The van der Waals surface area contributed by atoms with Gasteiger partial charge in [0.25, 0.3) is 5.91 Å². The number of aryl methyl sites for hydroxylation is 1. The molecule has 2 N–H and O–H groups in total. The highest BCUT2D eigenvalue weighted by atomic mass is 16.5. The topological polar surface area (TPSA) is 70.2 Å². The maximum Gasteiger partial charge on any atom is 0.266 e. The van der Waals surface area contributed by atoms with E-state index in [1.165, 1.54) is 0 Å². The van der Waals surface area contributed by atoms with E-state index in [4.69, 9.17) is 4.74 Å². The Morgan fingerprint density at radius 3 is 2.61 bits per heavy atom. The van der Waals surface area contributed by atoms with Crippen molar-refractivity contribution in [3.05, 3.63) is 77.0 Å². The summed E-state index contributed by atoms with van der Waals surface area (Å²) in [5, 5.41) is 10.6. The molecule has 0 saturated heterocycles. The van der Waals surface area contributed by atoms with E-state index in [9.17, 15) is 4.79 Å². The Kier molecular flexibility index (Phi) is 4.61. The minimum absolute atomic E-state index is 0.115. The Labute approximate surface area is 163 Å². The largest absolute Gasteiger partial charge is 0.495 e. The molecule has 1 amide bonds. The van der Waals surface area contributed by atoms with Crippen LogP contribution in [0.2, 0.25) is 0 Å². The number of rotatable bonds is 4. The van der Waals surface area contributed by atoms with Crippen molar-refractivity contribution in [2.24, 2.45) is 0 Å². The second kappa shape index (κ2) is 7.23. The average Bonchev–Trinajstić information content (AvgIpc) is 3.09. The molecule has 1 aromatic heterocycles. The normalized spacial score (nSPS) is 16.5. The quantitative estimate of drug-likeness (QED) is 0.717. The number of methoxy groups -OCH3 is 1. The second-order valence-corrected chi connectivity index (χ2v) is 6.77. The summed E-state index contributed by atoms with van der Waals surface area (Å²) >= 11 is 0. The number of nitrogens with zero attached hydrogens (tertiary/aromatic N) is 2. The van der Waals surface area contributed by atoms with E-state index < -0.39 is 0 Å². The lowest BCUT2D eigenvalue weighted by atomic mass is 10.0. The van der Waals surface area contributed by atoms with Gasteiger partial charge in [0.05, 0.1) is 12.8 Å². The van der Waals surface area contributed by atoms with Crippen LogP contribution in [0.25, 0.3) is 6.08 Å². The summed E-state index contributed by atoms with van der Waals surface area (Å²) in [6, 6.07) is 17.6. The van der Waals surface area contributed by atoms with E-state index in [0.717, 1.165) is 16.8 Å². The standard InChI is InChI=1S/C22H22N4O2/c1-14(13-16-9-5-4-6-10-16)21-23-20-19(15(2)24-25-20)22(27)26(21)17-11-7-8-12-18(17)28-3/h4-13,21H,1-3H3,(H2,23,24,25)/b14-13+. The highest BCUT2D eigenvalue weighted by molar-refractivity contribution is 6.13. The van der Waals surface area contributed by atoms with Gasteiger partial charge in [0.1, 0.15) is 17.5 Å². The SMILES string of the molecule is COc1ccccc1N1C(=O)c2c(n[nH]c2C)NC1/C(C)=C/c1ccccc1.